The summed E-state index contributed by atoms with van der Waals surface area (Å²) in [5.74, 6) is 1.25. The topological polar surface area (TPSA) is 59.9 Å². The summed E-state index contributed by atoms with van der Waals surface area (Å²) in [6, 6.07) is 5.74. The molecule has 0 unspecified atom stereocenters. The monoisotopic (exact) mass is 272 g/mol. The summed E-state index contributed by atoms with van der Waals surface area (Å²) in [4.78, 5) is 12.7. The van der Waals surface area contributed by atoms with Gasteiger partial charge in [-0.25, -0.2) is 15.0 Å². The maximum absolute atomic E-state index is 5.74. The van der Waals surface area contributed by atoms with Gasteiger partial charge in [-0.05, 0) is 45.4 Å². The maximum Gasteiger partial charge on any atom is 0.223 e. The first kappa shape index (κ1) is 14.2. The molecule has 0 aliphatic heterocycles. The normalized spacial score (nSPS) is 11.2. The number of aromatic nitrogens is 3. The van der Waals surface area contributed by atoms with Gasteiger partial charge in [0.1, 0.15) is 5.60 Å². The number of nitrogens with one attached hydrogen (secondary N) is 1. The van der Waals surface area contributed by atoms with Crippen molar-refractivity contribution >= 4 is 5.95 Å². The quantitative estimate of drug-likeness (QED) is 0.927. The van der Waals surface area contributed by atoms with Crippen LogP contribution in [-0.4, -0.2) is 20.6 Å². The van der Waals surface area contributed by atoms with Crippen LogP contribution in [0.5, 0.6) is 5.88 Å². The maximum atomic E-state index is 5.74. The Hall–Kier alpha value is -2.17. The molecule has 0 aliphatic carbocycles. The SMILES string of the molecule is Cc1ccnc(NCc2ccnc(OC(C)(C)C)c2)n1. The number of hydrogen-bond acceptors (Lipinski definition) is 5. The third-order valence-electron chi connectivity index (χ3n) is 2.46. The number of rotatable bonds is 4. The van der Waals surface area contributed by atoms with Gasteiger partial charge < -0.3 is 10.1 Å². The minimum absolute atomic E-state index is 0.251. The van der Waals surface area contributed by atoms with Crippen LogP contribution in [0.2, 0.25) is 0 Å². The molecule has 0 atom stereocenters. The average Bonchev–Trinajstić information content (AvgIpc) is 2.35. The van der Waals surface area contributed by atoms with E-state index in [1.807, 2.05) is 45.9 Å². The van der Waals surface area contributed by atoms with Gasteiger partial charge in [0.05, 0.1) is 0 Å². The van der Waals surface area contributed by atoms with E-state index in [4.69, 9.17) is 4.74 Å². The van der Waals surface area contributed by atoms with Gasteiger partial charge in [-0.3, -0.25) is 0 Å². The largest absolute Gasteiger partial charge is 0.472 e. The van der Waals surface area contributed by atoms with Gasteiger partial charge in [0, 0.05) is 30.7 Å². The Bertz CT molecular complexity index is 578. The molecule has 2 aromatic rings. The predicted molar refractivity (Wildman–Crippen MR) is 78.7 cm³/mol. The van der Waals surface area contributed by atoms with E-state index in [-0.39, 0.29) is 5.60 Å². The molecule has 106 valence electrons. The second-order valence-electron chi connectivity index (χ2n) is 5.59. The number of nitrogens with zero attached hydrogens (tertiary/aromatic N) is 3. The number of hydrogen-bond donors (Lipinski definition) is 1. The molecular formula is C15H20N4O. The highest BCUT2D eigenvalue weighted by atomic mass is 16.5. The molecule has 2 rings (SSSR count). The van der Waals surface area contributed by atoms with Crippen molar-refractivity contribution < 1.29 is 4.74 Å². The van der Waals surface area contributed by atoms with Gasteiger partial charge in [0.15, 0.2) is 0 Å². The molecule has 0 spiro atoms. The van der Waals surface area contributed by atoms with Crippen LogP contribution < -0.4 is 10.1 Å². The molecule has 0 fully saturated rings. The van der Waals surface area contributed by atoms with Crippen LogP contribution in [0, 0.1) is 6.92 Å². The first-order chi connectivity index (χ1) is 9.42. The van der Waals surface area contributed by atoms with Crippen molar-refractivity contribution in [3.63, 3.8) is 0 Å². The van der Waals surface area contributed by atoms with Crippen molar-refractivity contribution in [2.45, 2.75) is 39.8 Å². The predicted octanol–water partition coefficient (Wildman–Crippen LogP) is 2.97. The molecule has 0 aliphatic rings. The van der Waals surface area contributed by atoms with Crippen LogP contribution in [-0.2, 0) is 6.54 Å². The lowest BCUT2D eigenvalue weighted by atomic mass is 10.2. The zero-order chi connectivity index (χ0) is 14.6. The highest BCUT2D eigenvalue weighted by Crippen LogP contribution is 2.16. The van der Waals surface area contributed by atoms with E-state index in [0.717, 1.165) is 11.3 Å². The van der Waals surface area contributed by atoms with Gasteiger partial charge in [0.25, 0.3) is 0 Å². The van der Waals surface area contributed by atoms with E-state index < -0.39 is 0 Å². The van der Waals surface area contributed by atoms with E-state index in [1.165, 1.54) is 0 Å². The van der Waals surface area contributed by atoms with Gasteiger partial charge in [-0.2, -0.15) is 0 Å². The second kappa shape index (κ2) is 5.86. The fraction of sp³-hybridized carbons (Fsp3) is 0.400. The highest BCUT2D eigenvalue weighted by molar-refractivity contribution is 5.29. The van der Waals surface area contributed by atoms with Crippen molar-refractivity contribution in [2.75, 3.05) is 5.32 Å². The second-order valence-corrected chi connectivity index (χ2v) is 5.59. The van der Waals surface area contributed by atoms with Crippen molar-refractivity contribution in [2.24, 2.45) is 0 Å². The average molecular weight is 272 g/mol. The summed E-state index contributed by atoms with van der Waals surface area (Å²) in [6.07, 6.45) is 3.49. The number of pyridine rings is 1. The van der Waals surface area contributed by atoms with E-state index in [0.29, 0.717) is 18.4 Å². The zero-order valence-corrected chi connectivity index (χ0v) is 12.3. The molecule has 0 saturated carbocycles. The molecule has 5 nitrogen and oxygen atoms in total. The molecule has 5 heteroatoms. The van der Waals surface area contributed by atoms with Crippen LogP contribution in [0.25, 0.3) is 0 Å². The molecule has 0 amide bonds. The summed E-state index contributed by atoms with van der Waals surface area (Å²) in [6.45, 7) is 8.57. The van der Waals surface area contributed by atoms with Crippen molar-refractivity contribution in [1.82, 2.24) is 15.0 Å². The third kappa shape index (κ3) is 4.50. The van der Waals surface area contributed by atoms with Crippen molar-refractivity contribution in [3.8, 4) is 5.88 Å². The van der Waals surface area contributed by atoms with E-state index in [9.17, 15) is 0 Å². The molecule has 2 aromatic heterocycles. The lowest BCUT2D eigenvalue weighted by Crippen LogP contribution is -2.23. The molecule has 0 radical (unpaired) electrons. The molecule has 2 heterocycles. The fourth-order valence-corrected chi connectivity index (χ4v) is 1.65. The summed E-state index contributed by atoms with van der Waals surface area (Å²) in [5, 5.41) is 3.19. The van der Waals surface area contributed by atoms with Crippen LogP contribution >= 0.6 is 0 Å². The lowest BCUT2D eigenvalue weighted by molar-refractivity contribution is 0.124. The summed E-state index contributed by atoms with van der Waals surface area (Å²) < 4.78 is 5.74. The first-order valence-electron chi connectivity index (χ1n) is 6.60. The standard InChI is InChI=1S/C15H20N4O/c1-11-5-7-17-14(19-11)18-10-12-6-8-16-13(9-12)20-15(2,3)4/h5-9H,10H2,1-4H3,(H,17,18,19). The molecular weight excluding hydrogens is 252 g/mol. The number of anilines is 1. The van der Waals surface area contributed by atoms with Crippen molar-refractivity contribution in [1.29, 1.82) is 0 Å². The lowest BCUT2D eigenvalue weighted by Gasteiger charge is -2.20. The Labute approximate surface area is 119 Å². The Kier molecular flexibility index (Phi) is 4.17. The molecule has 20 heavy (non-hydrogen) atoms. The van der Waals surface area contributed by atoms with Crippen molar-refractivity contribution in [3.05, 3.63) is 41.9 Å². The molecule has 0 saturated heterocycles. The minimum Gasteiger partial charge on any atom is -0.472 e. The molecule has 0 bridgehead atoms. The molecule has 0 aromatic carbocycles. The van der Waals surface area contributed by atoms with Crippen LogP contribution in [0.15, 0.2) is 30.6 Å². The summed E-state index contributed by atoms with van der Waals surface area (Å²) in [7, 11) is 0. The fourth-order valence-electron chi connectivity index (χ4n) is 1.65. The number of aryl methyl sites for hydroxylation is 1. The van der Waals surface area contributed by atoms with E-state index in [1.54, 1.807) is 12.4 Å². The Morgan fingerprint density at radius 2 is 1.90 bits per heavy atom. The molecule has 1 N–H and O–H groups in total. The first-order valence-corrected chi connectivity index (χ1v) is 6.60. The van der Waals surface area contributed by atoms with E-state index in [2.05, 4.69) is 20.3 Å². The van der Waals surface area contributed by atoms with E-state index >= 15 is 0 Å². The van der Waals surface area contributed by atoms with Crippen LogP contribution in [0.4, 0.5) is 5.95 Å². The van der Waals surface area contributed by atoms with Gasteiger partial charge in [0.2, 0.25) is 11.8 Å². The Morgan fingerprint density at radius 3 is 2.60 bits per heavy atom. The van der Waals surface area contributed by atoms with Crippen LogP contribution in [0.1, 0.15) is 32.0 Å². The Morgan fingerprint density at radius 1 is 1.15 bits per heavy atom. The highest BCUT2D eigenvalue weighted by Gasteiger charge is 2.12. The Balaban J connectivity index is 2.01. The van der Waals surface area contributed by atoms with Crippen LogP contribution in [0.3, 0.4) is 0 Å². The zero-order valence-electron chi connectivity index (χ0n) is 12.3. The van der Waals surface area contributed by atoms with Gasteiger partial charge in [-0.1, -0.05) is 0 Å². The third-order valence-corrected chi connectivity index (χ3v) is 2.46. The minimum atomic E-state index is -0.251. The van der Waals surface area contributed by atoms with Gasteiger partial charge >= 0.3 is 0 Å². The van der Waals surface area contributed by atoms with Gasteiger partial charge in [-0.15, -0.1) is 0 Å². The summed E-state index contributed by atoms with van der Waals surface area (Å²) >= 11 is 0. The summed E-state index contributed by atoms with van der Waals surface area (Å²) in [5.41, 5.74) is 1.76. The smallest absolute Gasteiger partial charge is 0.223 e. The number of ether oxygens (including phenoxy) is 1.